The number of thioether (sulfide) groups is 1. The van der Waals surface area contributed by atoms with Crippen molar-refractivity contribution in [3.8, 4) is 0 Å². The normalized spacial score (nSPS) is 13.4. The fraction of sp³-hybridized carbons (Fsp3) is 0.905. The molecule has 0 rings (SSSR count). The summed E-state index contributed by atoms with van der Waals surface area (Å²) in [5, 5.41) is 16.3. The summed E-state index contributed by atoms with van der Waals surface area (Å²) in [7, 11) is -1.96. The quantitative estimate of drug-likeness (QED) is 0.0535. The van der Waals surface area contributed by atoms with E-state index in [1.807, 2.05) is 0 Å². The predicted octanol–water partition coefficient (Wildman–Crippen LogP) is -0.0816. The SMILES string of the molecule is CO[Si](CCNCCNCC(O)COC(=O)CCSCC(C)(C)C(=O)OCCCS(=O)(=O)O)(OC)OC. The van der Waals surface area contributed by atoms with Gasteiger partial charge in [-0.15, -0.1) is 0 Å². The molecular formula is C21H44N2O11S2Si. The number of carbonyl (C=O) groups is 2. The highest BCUT2D eigenvalue weighted by Crippen LogP contribution is 2.24. The van der Waals surface area contributed by atoms with Crippen molar-refractivity contribution >= 4 is 42.6 Å². The van der Waals surface area contributed by atoms with Crippen LogP contribution in [0.3, 0.4) is 0 Å². The largest absolute Gasteiger partial charge is 0.501 e. The molecule has 1 atom stereocenters. The molecule has 0 spiro atoms. The number of nitrogens with one attached hydrogen (secondary N) is 2. The van der Waals surface area contributed by atoms with Crippen LogP contribution in [-0.4, -0.2) is 123 Å². The Morgan fingerprint density at radius 1 is 1.03 bits per heavy atom. The van der Waals surface area contributed by atoms with Crippen LogP contribution in [0.4, 0.5) is 0 Å². The van der Waals surface area contributed by atoms with Crippen LogP contribution in [0.5, 0.6) is 0 Å². The van der Waals surface area contributed by atoms with Crippen molar-refractivity contribution in [3.63, 3.8) is 0 Å². The van der Waals surface area contributed by atoms with Crippen LogP contribution in [0, 0.1) is 5.41 Å². The first-order chi connectivity index (χ1) is 17.3. The summed E-state index contributed by atoms with van der Waals surface area (Å²) in [6.45, 7) is 5.38. The summed E-state index contributed by atoms with van der Waals surface area (Å²) in [6, 6.07) is 0.634. The molecule has 1 unspecified atom stereocenters. The van der Waals surface area contributed by atoms with E-state index in [1.165, 1.54) is 11.8 Å². The van der Waals surface area contributed by atoms with Crippen LogP contribution in [0.15, 0.2) is 0 Å². The van der Waals surface area contributed by atoms with Crippen LogP contribution < -0.4 is 10.6 Å². The molecule has 0 aromatic rings. The molecule has 37 heavy (non-hydrogen) atoms. The van der Waals surface area contributed by atoms with Gasteiger partial charge in [0.2, 0.25) is 0 Å². The Hall–Kier alpha value is -0.823. The molecule has 0 aliphatic heterocycles. The molecule has 0 bridgehead atoms. The van der Waals surface area contributed by atoms with Crippen LogP contribution >= 0.6 is 11.8 Å². The summed E-state index contributed by atoms with van der Waals surface area (Å²) in [4.78, 5) is 24.0. The number of ether oxygens (including phenoxy) is 2. The maximum Gasteiger partial charge on any atom is 0.501 e. The van der Waals surface area contributed by atoms with Gasteiger partial charge < -0.3 is 38.5 Å². The maximum absolute atomic E-state index is 12.1. The van der Waals surface area contributed by atoms with E-state index in [0.29, 0.717) is 37.2 Å². The summed E-state index contributed by atoms with van der Waals surface area (Å²) >= 11 is 1.38. The van der Waals surface area contributed by atoms with Crippen LogP contribution in [0.1, 0.15) is 26.7 Å². The van der Waals surface area contributed by atoms with Gasteiger partial charge in [0.1, 0.15) is 12.7 Å². The molecule has 0 aromatic carbocycles. The summed E-state index contributed by atoms with van der Waals surface area (Å²) in [6.07, 6.45) is -0.691. The Kier molecular flexibility index (Phi) is 18.8. The number of aliphatic hydroxyl groups is 1. The van der Waals surface area contributed by atoms with E-state index in [4.69, 9.17) is 27.3 Å². The van der Waals surface area contributed by atoms with E-state index in [2.05, 4.69) is 10.6 Å². The number of hydrogen-bond acceptors (Lipinski definition) is 13. The highest BCUT2D eigenvalue weighted by molar-refractivity contribution is 7.99. The van der Waals surface area contributed by atoms with Gasteiger partial charge in [-0.1, -0.05) is 0 Å². The van der Waals surface area contributed by atoms with Crippen LogP contribution in [-0.2, 0) is 42.5 Å². The standard InChI is InChI=1S/C21H44N2O11S2Si/c1-21(2,20(26)33-11-6-13-36(27,28)29)17-35-12-7-19(25)34-16-18(24)15-23-9-8-22-10-14-37(30-3,31-4)32-5/h18,22-24H,6-17H2,1-5H3,(H,27,28,29). The number of esters is 2. The lowest BCUT2D eigenvalue weighted by molar-refractivity contribution is -0.152. The van der Waals surface area contributed by atoms with Crippen molar-refractivity contribution in [3.05, 3.63) is 0 Å². The minimum absolute atomic E-state index is 0.0123. The van der Waals surface area contributed by atoms with E-state index in [9.17, 15) is 23.1 Å². The third kappa shape index (κ3) is 18.2. The first-order valence-corrected chi connectivity index (χ1v) is 16.6. The van der Waals surface area contributed by atoms with Gasteiger partial charge in [0.15, 0.2) is 0 Å². The third-order valence-corrected chi connectivity index (χ3v) is 10.0. The van der Waals surface area contributed by atoms with Crippen molar-refractivity contribution in [1.82, 2.24) is 10.6 Å². The topological polar surface area (TPSA) is 179 Å². The van der Waals surface area contributed by atoms with E-state index in [-0.39, 0.29) is 32.6 Å². The zero-order valence-electron chi connectivity index (χ0n) is 22.4. The highest BCUT2D eigenvalue weighted by Gasteiger charge is 2.36. The molecule has 0 saturated carbocycles. The van der Waals surface area contributed by atoms with Gasteiger partial charge in [0, 0.05) is 58.5 Å². The molecule has 0 saturated heterocycles. The molecule has 0 fully saturated rings. The molecule has 0 aliphatic rings. The Labute approximate surface area is 225 Å². The highest BCUT2D eigenvalue weighted by atomic mass is 32.2. The van der Waals surface area contributed by atoms with Crippen LogP contribution in [0.2, 0.25) is 6.04 Å². The van der Waals surface area contributed by atoms with Crippen molar-refractivity contribution in [2.75, 3.05) is 78.0 Å². The predicted molar refractivity (Wildman–Crippen MR) is 142 cm³/mol. The van der Waals surface area contributed by atoms with Gasteiger partial charge in [0.25, 0.3) is 10.1 Å². The second-order valence-electron chi connectivity index (χ2n) is 8.80. The van der Waals surface area contributed by atoms with Crippen molar-refractivity contribution in [2.45, 2.75) is 38.8 Å². The zero-order chi connectivity index (χ0) is 28.4. The molecule has 0 heterocycles. The molecule has 13 nitrogen and oxygen atoms in total. The lowest BCUT2D eigenvalue weighted by Gasteiger charge is -2.24. The van der Waals surface area contributed by atoms with Crippen molar-refractivity contribution in [2.24, 2.45) is 5.41 Å². The summed E-state index contributed by atoms with van der Waals surface area (Å²) in [5.41, 5.74) is -0.828. The minimum Gasteiger partial charge on any atom is -0.465 e. The summed E-state index contributed by atoms with van der Waals surface area (Å²) in [5.74, 6) is -0.581. The zero-order valence-corrected chi connectivity index (χ0v) is 25.1. The average molecular weight is 593 g/mol. The number of aliphatic hydroxyl groups excluding tert-OH is 1. The molecular weight excluding hydrogens is 548 g/mol. The molecule has 16 heteroatoms. The molecule has 4 N–H and O–H groups in total. The second-order valence-corrected chi connectivity index (χ2v) is 14.6. The number of carbonyl (C=O) groups excluding carboxylic acids is 2. The maximum atomic E-state index is 12.1. The van der Waals surface area contributed by atoms with Crippen molar-refractivity contribution in [1.29, 1.82) is 0 Å². The van der Waals surface area contributed by atoms with E-state index < -0.39 is 48.1 Å². The van der Waals surface area contributed by atoms with E-state index >= 15 is 0 Å². The van der Waals surface area contributed by atoms with Gasteiger partial charge in [-0.25, -0.2) is 0 Å². The molecule has 220 valence electrons. The van der Waals surface area contributed by atoms with Gasteiger partial charge in [-0.2, -0.15) is 20.2 Å². The smallest absolute Gasteiger partial charge is 0.465 e. The van der Waals surface area contributed by atoms with E-state index in [1.54, 1.807) is 35.2 Å². The van der Waals surface area contributed by atoms with Gasteiger partial charge in [-0.05, 0) is 26.8 Å². The lowest BCUT2D eigenvalue weighted by atomic mass is 9.97. The Bertz CT molecular complexity index is 745. The fourth-order valence-electron chi connectivity index (χ4n) is 2.83. The van der Waals surface area contributed by atoms with E-state index in [0.717, 1.165) is 0 Å². The average Bonchev–Trinajstić information content (AvgIpc) is 2.84. The first-order valence-electron chi connectivity index (χ1n) is 11.9. The summed E-state index contributed by atoms with van der Waals surface area (Å²) < 4.78 is 56.2. The fourth-order valence-corrected chi connectivity index (χ4v) is 5.99. The van der Waals surface area contributed by atoms with Gasteiger partial charge >= 0.3 is 20.7 Å². The molecule has 0 aromatic heterocycles. The Morgan fingerprint density at radius 3 is 2.24 bits per heavy atom. The van der Waals surface area contributed by atoms with Crippen molar-refractivity contribution < 1.29 is 50.4 Å². The monoisotopic (exact) mass is 592 g/mol. The third-order valence-electron chi connectivity index (χ3n) is 5.08. The Morgan fingerprint density at radius 2 is 1.65 bits per heavy atom. The van der Waals surface area contributed by atoms with Gasteiger partial charge in [-0.3, -0.25) is 14.1 Å². The first kappa shape index (κ1) is 36.2. The molecule has 0 radical (unpaired) electrons. The molecule has 0 amide bonds. The Balaban J connectivity index is 3.87. The number of hydrogen-bond donors (Lipinski definition) is 4. The van der Waals surface area contributed by atoms with Gasteiger partial charge in [0.05, 0.1) is 24.2 Å². The second kappa shape index (κ2) is 19.3. The lowest BCUT2D eigenvalue weighted by Crippen LogP contribution is -2.45. The minimum atomic E-state index is -4.08. The van der Waals surface area contributed by atoms with Crippen LogP contribution in [0.25, 0.3) is 0 Å². The number of rotatable bonds is 23. The molecule has 0 aliphatic carbocycles.